The van der Waals surface area contributed by atoms with Gasteiger partial charge >= 0.3 is 0 Å². The average Bonchev–Trinajstić information content (AvgIpc) is 2.38. The van der Waals surface area contributed by atoms with Crippen LogP contribution in [-0.2, 0) is 0 Å². The molecule has 0 fully saturated rings. The molecule has 1 heterocycles. The van der Waals surface area contributed by atoms with Crippen LogP contribution >= 0.6 is 0 Å². The molecule has 2 heteroatoms. The van der Waals surface area contributed by atoms with Gasteiger partial charge < -0.3 is 4.90 Å². The molecule has 0 radical (unpaired) electrons. The van der Waals surface area contributed by atoms with Gasteiger partial charge in [-0.15, -0.1) is 0 Å². The van der Waals surface area contributed by atoms with Gasteiger partial charge in [-0.2, -0.15) is 0 Å². The lowest BCUT2D eigenvalue weighted by atomic mass is 10.0. The first kappa shape index (κ1) is 11.2. The van der Waals surface area contributed by atoms with Crippen molar-refractivity contribution in [1.82, 2.24) is 0 Å². The van der Waals surface area contributed by atoms with Crippen molar-refractivity contribution in [3.05, 3.63) is 29.8 Å². The van der Waals surface area contributed by atoms with Gasteiger partial charge in [0.2, 0.25) is 0 Å². The third-order valence-corrected chi connectivity index (χ3v) is 3.09. The van der Waals surface area contributed by atoms with E-state index in [2.05, 4.69) is 31.7 Å². The second kappa shape index (κ2) is 3.93. The minimum absolute atomic E-state index is 0.0702. The van der Waals surface area contributed by atoms with Crippen LogP contribution in [-0.4, -0.2) is 17.9 Å². The standard InChI is InChI=1S/C14H19NO/c1-14(2,3)15-10-6-9-13(16)11-7-4-5-8-12(11)15/h4-5,7-8H,6,9-10H2,1-3H3. The number of Topliss-reactive ketones (excluding diaryl/α,β-unsaturated/α-hetero) is 1. The second-order valence-corrected chi connectivity index (χ2v) is 5.37. The molecule has 0 saturated heterocycles. The summed E-state index contributed by atoms with van der Waals surface area (Å²) in [5.41, 5.74) is 2.05. The Labute approximate surface area is 97.3 Å². The van der Waals surface area contributed by atoms with Gasteiger partial charge in [-0.05, 0) is 39.3 Å². The Balaban J connectivity index is 2.51. The van der Waals surface area contributed by atoms with Gasteiger partial charge in [-0.3, -0.25) is 4.79 Å². The summed E-state index contributed by atoms with van der Waals surface area (Å²) in [5.74, 6) is 0.280. The third-order valence-electron chi connectivity index (χ3n) is 3.09. The molecule has 16 heavy (non-hydrogen) atoms. The molecule has 0 aliphatic carbocycles. The predicted molar refractivity (Wildman–Crippen MR) is 67.1 cm³/mol. The Morgan fingerprint density at radius 3 is 2.56 bits per heavy atom. The number of benzene rings is 1. The second-order valence-electron chi connectivity index (χ2n) is 5.37. The van der Waals surface area contributed by atoms with Crippen molar-refractivity contribution in [2.24, 2.45) is 0 Å². The first-order valence-corrected chi connectivity index (χ1v) is 5.90. The number of anilines is 1. The highest BCUT2D eigenvalue weighted by Crippen LogP contribution is 2.31. The lowest BCUT2D eigenvalue weighted by molar-refractivity contribution is 0.0983. The van der Waals surface area contributed by atoms with Crippen molar-refractivity contribution in [2.45, 2.75) is 39.2 Å². The van der Waals surface area contributed by atoms with E-state index in [4.69, 9.17) is 0 Å². The van der Waals surface area contributed by atoms with Gasteiger partial charge in [0.1, 0.15) is 0 Å². The van der Waals surface area contributed by atoms with Crippen LogP contribution in [0.15, 0.2) is 24.3 Å². The van der Waals surface area contributed by atoms with E-state index in [0.29, 0.717) is 6.42 Å². The number of rotatable bonds is 0. The van der Waals surface area contributed by atoms with Gasteiger partial charge in [0.25, 0.3) is 0 Å². The van der Waals surface area contributed by atoms with E-state index in [0.717, 1.165) is 24.2 Å². The molecule has 0 amide bonds. The molecule has 0 saturated carbocycles. The van der Waals surface area contributed by atoms with E-state index < -0.39 is 0 Å². The van der Waals surface area contributed by atoms with E-state index in [1.54, 1.807) is 0 Å². The number of hydrogen-bond donors (Lipinski definition) is 0. The molecule has 1 aliphatic rings. The van der Waals surface area contributed by atoms with Crippen LogP contribution in [0.4, 0.5) is 5.69 Å². The minimum Gasteiger partial charge on any atom is -0.366 e. The van der Waals surface area contributed by atoms with Crippen LogP contribution in [0.5, 0.6) is 0 Å². The minimum atomic E-state index is 0.0702. The lowest BCUT2D eigenvalue weighted by Gasteiger charge is -2.37. The molecule has 1 aromatic rings. The highest BCUT2D eigenvalue weighted by Gasteiger charge is 2.27. The van der Waals surface area contributed by atoms with Crippen molar-refractivity contribution in [2.75, 3.05) is 11.4 Å². The Morgan fingerprint density at radius 1 is 1.19 bits per heavy atom. The molecule has 1 aromatic carbocycles. The fourth-order valence-corrected chi connectivity index (χ4v) is 2.29. The van der Waals surface area contributed by atoms with Crippen LogP contribution < -0.4 is 4.90 Å². The van der Waals surface area contributed by atoms with Crippen molar-refractivity contribution < 1.29 is 4.79 Å². The van der Waals surface area contributed by atoms with E-state index in [1.807, 2.05) is 18.2 Å². The first-order valence-electron chi connectivity index (χ1n) is 5.90. The number of ketones is 1. The zero-order valence-electron chi connectivity index (χ0n) is 10.3. The van der Waals surface area contributed by atoms with E-state index in [-0.39, 0.29) is 11.3 Å². The fourth-order valence-electron chi connectivity index (χ4n) is 2.29. The summed E-state index contributed by atoms with van der Waals surface area (Å²) in [7, 11) is 0. The maximum Gasteiger partial charge on any atom is 0.165 e. The van der Waals surface area contributed by atoms with Gasteiger partial charge in [0.15, 0.2) is 5.78 Å². The summed E-state index contributed by atoms with van der Waals surface area (Å²) >= 11 is 0. The normalized spacial score (nSPS) is 16.9. The number of para-hydroxylation sites is 1. The highest BCUT2D eigenvalue weighted by molar-refractivity contribution is 6.02. The summed E-state index contributed by atoms with van der Waals surface area (Å²) in [5, 5.41) is 0. The molecular weight excluding hydrogens is 198 g/mol. The van der Waals surface area contributed by atoms with Crippen molar-refractivity contribution in [3.8, 4) is 0 Å². The molecule has 86 valence electrons. The first-order chi connectivity index (χ1) is 7.50. The summed E-state index contributed by atoms with van der Waals surface area (Å²) in [4.78, 5) is 14.3. The van der Waals surface area contributed by atoms with Gasteiger partial charge in [0.05, 0.1) is 0 Å². The topological polar surface area (TPSA) is 20.3 Å². The Hall–Kier alpha value is -1.31. The number of carbonyl (C=O) groups is 1. The van der Waals surface area contributed by atoms with Crippen LogP contribution in [0.25, 0.3) is 0 Å². The van der Waals surface area contributed by atoms with Gasteiger partial charge in [-0.1, -0.05) is 12.1 Å². The van der Waals surface area contributed by atoms with Crippen molar-refractivity contribution >= 4 is 11.5 Å². The number of fused-ring (bicyclic) bond motifs is 1. The van der Waals surface area contributed by atoms with Gasteiger partial charge in [-0.25, -0.2) is 0 Å². The lowest BCUT2D eigenvalue weighted by Crippen LogP contribution is -2.42. The average molecular weight is 217 g/mol. The maximum atomic E-state index is 12.0. The summed E-state index contributed by atoms with van der Waals surface area (Å²) < 4.78 is 0. The summed E-state index contributed by atoms with van der Waals surface area (Å²) in [6.07, 6.45) is 1.62. The quantitative estimate of drug-likeness (QED) is 0.664. The molecule has 2 nitrogen and oxygen atoms in total. The summed E-state index contributed by atoms with van der Waals surface area (Å²) in [6.45, 7) is 7.55. The Bertz CT molecular complexity index is 403. The molecule has 2 rings (SSSR count). The highest BCUT2D eigenvalue weighted by atomic mass is 16.1. The smallest absolute Gasteiger partial charge is 0.165 e. The van der Waals surface area contributed by atoms with E-state index in [1.165, 1.54) is 0 Å². The number of carbonyl (C=O) groups excluding carboxylic acids is 1. The van der Waals surface area contributed by atoms with Crippen molar-refractivity contribution in [3.63, 3.8) is 0 Å². The molecule has 0 atom stereocenters. The molecule has 0 aromatic heterocycles. The predicted octanol–water partition coefficient (Wildman–Crippen LogP) is 3.27. The molecule has 1 aliphatic heterocycles. The van der Waals surface area contributed by atoms with Crippen molar-refractivity contribution in [1.29, 1.82) is 0 Å². The molecule has 0 spiro atoms. The van der Waals surface area contributed by atoms with Crippen LogP contribution in [0, 0.1) is 0 Å². The zero-order chi connectivity index (χ0) is 11.8. The molecule has 0 N–H and O–H groups in total. The third kappa shape index (κ3) is 1.97. The largest absolute Gasteiger partial charge is 0.366 e. The van der Waals surface area contributed by atoms with E-state index >= 15 is 0 Å². The van der Waals surface area contributed by atoms with Crippen LogP contribution in [0.3, 0.4) is 0 Å². The monoisotopic (exact) mass is 217 g/mol. The van der Waals surface area contributed by atoms with Crippen LogP contribution in [0.2, 0.25) is 0 Å². The summed E-state index contributed by atoms with van der Waals surface area (Å²) in [6, 6.07) is 7.96. The number of nitrogens with zero attached hydrogens (tertiary/aromatic N) is 1. The maximum absolute atomic E-state index is 12.0. The zero-order valence-corrected chi connectivity index (χ0v) is 10.3. The Kier molecular flexibility index (Phi) is 2.75. The number of hydrogen-bond acceptors (Lipinski definition) is 2. The SMILES string of the molecule is CC(C)(C)N1CCCC(=O)c2ccccc21. The van der Waals surface area contributed by atoms with Crippen LogP contribution in [0.1, 0.15) is 44.0 Å². The molecule has 0 unspecified atom stereocenters. The Morgan fingerprint density at radius 2 is 1.88 bits per heavy atom. The molecular formula is C14H19NO. The fraction of sp³-hybridized carbons (Fsp3) is 0.500. The van der Waals surface area contributed by atoms with E-state index in [9.17, 15) is 4.79 Å². The van der Waals surface area contributed by atoms with Gasteiger partial charge in [0, 0.05) is 29.8 Å². The molecule has 0 bridgehead atoms.